The van der Waals surface area contributed by atoms with E-state index in [1.54, 1.807) is 29.0 Å². The van der Waals surface area contributed by atoms with E-state index in [-0.39, 0.29) is 30.3 Å². The van der Waals surface area contributed by atoms with Crippen molar-refractivity contribution in [3.63, 3.8) is 0 Å². The first-order valence-electron chi connectivity index (χ1n) is 10.0. The van der Waals surface area contributed by atoms with E-state index in [4.69, 9.17) is 4.98 Å². The van der Waals surface area contributed by atoms with Gasteiger partial charge in [-0.25, -0.2) is 9.97 Å². The summed E-state index contributed by atoms with van der Waals surface area (Å²) in [4.78, 5) is 37.2. The van der Waals surface area contributed by atoms with Gasteiger partial charge in [0.15, 0.2) is 0 Å². The molecule has 1 atom stereocenters. The number of rotatable bonds is 4. The van der Waals surface area contributed by atoms with E-state index in [1.165, 1.54) is 10.5 Å². The highest BCUT2D eigenvalue weighted by Crippen LogP contribution is 2.34. The standard InChI is InChI=1S/C22H21N5O3/c28-13-12-27-21(23-16-7-2-1-6-15(16)22(27)30)17-8-5-11-25(17)19-14-20(29)26-10-4-3-9-18(26)24-19/h1-4,6-7,9-10,14,17,28H,5,8,11-13H2. The third-order valence-corrected chi connectivity index (χ3v) is 5.62. The number of anilines is 1. The molecule has 30 heavy (non-hydrogen) atoms. The Balaban J connectivity index is 1.67. The van der Waals surface area contributed by atoms with Crippen molar-refractivity contribution in [3.8, 4) is 0 Å². The smallest absolute Gasteiger partial charge is 0.261 e. The van der Waals surface area contributed by atoms with Crippen LogP contribution in [0.1, 0.15) is 24.7 Å². The minimum atomic E-state index is -0.202. The normalized spacial score (nSPS) is 16.6. The summed E-state index contributed by atoms with van der Waals surface area (Å²) < 4.78 is 3.06. The lowest BCUT2D eigenvalue weighted by Crippen LogP contribution is -2.34. The third kappa shape index (κ3) is 2.96. The van der Waals surface area contributed by atoms with Crippen LogP contribution in [0.5, 0.6) is 0 Å². The molecule has 1 aromatic carbocycles. The lowest BCUT2D eigenvalue weighted by molar-refractivity contribution is 0.270. The first-order valence-corrected chi connectivity index (χ1v) is 10.0. The number of pyridine rings is 1. The maximum absolute atomic E-state index is 13.1. The molecule has 0 saturated carbocycles. The van der Waals surface area contributed by atoms with Crippen molar-refractivity contribution in [3.05, 3.63) is 81.3 Å². The summed E-state index contributed by atoms with van der Waals surface area (Å²) in [7, 11) is 0. The lowest BCUT2D eigenvalue weighted by Gasteiger charge is -2.27. The Morgan fingerprint density at radius 1 is 1.07 bits per heavy atom. The Morgan fingerprint density at radius 2 is 1.90 bits per heavy atom. The van der Waals surface area contributed by atoms with Crippen LogP contribution in [-0.4, -0.2) is 37.2 Å². The van der Waals surface area contributed by atoms with Crippen molar-refractivity contribution in [2.75, 3.05) is 18.1 Å². The molecule has 8 heteroatoms. The second kappa shape index (κ2) is 7.38. The van der Waals surface area contributed by atoms with Crippen molar-refractivity contribution in [2.24, 2.45) is 0 Å². The van der Waals surface area contributed by atoms with Crippen molar-refractivity contribution < 1.29 is 5.11 Å². The molecule has 1 unspecified atom stereocenters. The Morgan fingerprint density at radius 3 is 2.77 bits per heavy atom. The van der Waals surface area contributed by atoms with Crippen LogP contribution in [0.3, 0.4) is 0 Å². The largest absolute Gasteiger partial charge is 0.395 e. The summed E-state index contributed by atoms with van der Waals surface area (Å²) in [5.41, 5.74) is 0.887. The van der Waals surface area contributed by atoms with Crippen molar-refractivity contribution in [1.82, 2.24) is 18.9 Å². The Labute approximate surface area is 171 Å². The van der Waals surface area contributed by atoms with E-state index in [0.29, 0.717) is 34.7 Å². The van der Waals surface area contributed by atoms with E-state index in [2.05, 4.69) is 4.98 Å². The van der Waals surface area contributed by atoms with Gasteiger partial charge < -0.3 is 10.0 Å². The first-order chi connectivity index (χ1) is 14.7. The van der Waals surface area contributed by atoms with Gasteiger partial charge in [-0.2, -0.15) is 0 Å². The molecule has 0 spiro atoms. The van der Waals surface area contributed by atoms with Crippen LogP contribution in [-0.2, 0) is 6.54 Å². The topological polar surface area (TPSA) is 92.7 Å². The monoisotopic (exact) mass is 403 g/mol. The van der Waals surface area contributed by atoms with Crippen LogP contribution in [0.4, 0.5) is 5.82 Å². The number of fused-ring (bicyclic) bond motifs is 2. The molecule has 0 amide bonds. The summed E-state index contributed by atoms with van der Waals surface area (Å²) in [6.07, 6.45) is 3.37. The van der Waals surface area contributed by atoms with Gasteiger partial charge in [0.25, 0.3) is 11.1 Å². The summed E-state index contributed by atoms with van der Waals surface area (Å²) >= 11 is 0. The fourth-order valence-corrected chi connectivity index (χ4v) is 4.25. The van der Waals surface area contributed by atoms with Crippen LogP contribution < -0.4 is 16.0 Å². The molecule has 4 aromatic rings. The lowest BCUT2D eigenvalue weighted by atomic mass is 10.1. The zero-order valence-corrected chi connectivity index (χ0v) is 16.3. The fourth-order valence-electron chi connectivity index (χ4n) is 4.25. The number of hydrogen-bond acceptors (Lipinski definition) is 6. The van der Waals surface area contributed by atoms with Crippen LogP contribution in [0.15, 0.2) is 64.3 Å². The van der Waals surface area contributed by atoms with Crippen molar-refractivity contribution in [2.45, 2.75) is 25.4 Å². The molecule has 5 rings (SSSR count). The molecule has 3 aromatic heterocycles. The Bertz CT molecular complexity index is 1360. The van der Waals surface area contributed by atoms with Crippen molar-refractivity contribution >= 4 is 22.4 Å². The minimum Gasteiger partial charge on any atom is -0.395 e. The SMILES string of the molecule is O=c1c2ccccc2nc(C2CCCN2c2cc(=O)n3ccccc3n2)n1CCO. The number of benzene rings is 1. The zero-order chi connectivity index (χ0) is 20.7. The van der Waals surface area contributed by atoms with Gasteiger partial charge in [0.1, 0.15) is 17.3 Å². The van der Waals surface area contributed by atoms with Crippen LogP contribution in [0, 0.1) is 0 Å². The van der Waals surface area contributed by atoms with Crippen LogP contribution in [0.2, 0.25) is 0 Å². The number of aromatic nitrogens is 4. The summed E-state index contributed by atoms with van der Waals surface area (Å²) in [6.45, 7) is 0.724. The molecule has 1 fully saturated rings. The van der Waals surface area contributed by atoms with Gasteiger partial charge >= 0.3 is 0 Å². The highest BCUT2D eigenvalue weighted by atomic mass is 16.3. The predicted octanol–water partition coefficient (Wildman–Crippen LogP) is 1.74. The third-order valence-electron chi connectivity index (χ3n) is 5.62. The van der Waals surface area contributed by atoms with Gasteiger partial charge in [-0.15, -0.1) is 0 Å². The highest BCUT2D eigenvalue weighted by Gasteiger charge is 2.31. The number of hydrogen-bond donors (Lipinski definition) is 1. The van der Waals surface area contributed by atoms with Gasteiger partial charge in [0.2, 0.25) is 0 Å². The zero-order valence-electron chi connectivity index (χ0n) is 16.3. The Hall–Kier alpha value is -3.52. The molecule has 4 heterocycles. The fraction of sp³-hybridized carbons (Fsp3) is 0.273. The van der Waals surface area contributed by atoms with Gasteiger partial charge in [0, 0.05) is 18.8 Å². The number of para-hydroxylation sites is 1. The molecule has 8 nitrogen and oxygen atoms in total. The van der Waals surface area contributed by atoms with Crippen molar-refractivity contribution in [1.29, 1.82) is 0 Å². The average molecular weight is 403 g/mol. The second-order valence-corrected chi connectivity index (χ2v) is 7.40. The van der Waals surface area contributed by atoms with E-state index < -0.39 is 0 Å². The predicted molar refractivity (Wildman–Crippen MR) is 114 cm³/mol. The molecule has 152 valence electrons. The van der Waals surface area contributed by atoms with E-state index in [1.807, 2.05) is 29.2 Å². The van der Waals surface area contributed by atoms with E-state index >= 15 is 0 Å². The molecule has 1 saturated heterocycles. The molecule has 1 aliphatic rings. The molecule has 0 radical (unpaired) electrons. The molecule has 0 bridgehead atoms. The summed E-state index contributed by atoms with van der Waals surface area (Å²) in [6, 6.07) is 14.0. The van der Waals surface area contributed by atoms with Gasteiger partial charge in [0.05, 0.1) is 30.1 Å². The number of nitrogens with zero attached hydrogens (tertiary/aromatic N) is 5. The van der Waals surface area contributed by atoms with Gasteiger partial charge in [-0.3, -0.25) is 18.6 Å². The van der Waals surface area contributed by atoms with E-state index in [0.717, 1.165) is 12.8 Å². The molecule has 0 aliphatic carbocycles. The summed E-state index contributed by atoms with van der Waals surface area (Å²) in [5.74, 6) is 1.17. The van der Waals surface area contributed by atoms with Crippen LogP contribution in [0.25, 0.3) is 16.6 Å². The van der Waals surface area contributed by atoms with E-state index in [9.17, 15) is 14.7 Å². The highest BCUT2D eigenvalue weighted by molar-refractivity contribution is 5.77. The number of aliphatic hydroxyl groups is 1. The maximum Gasteiger partial charge on any atom is 0.261 e. The molecular formula is C22H21N5O3. The quantitative estimate of drug-likeness (QED) is 0.558. The van der Waals surface area contributed by atoms with Crippen LogP contribution >= 0.6 is 0 Å². The van der Waals surface area contributed by atoms with Gasteiger partial charge in [-0.05, 0) is 37.1 Å². The first kappa shape index (κ1) is 18.5. The number of aliphatic hydroxyl groups excluding tert-OH is 1. The Kier molecular flexibility index (Phi) is 4.55. The average Bonchev–Trinajstić information content (AvgIpc) is 3.25. The second-order valence-electron chi connectivity index (χ2n) is 7.40. The summed E-state index contributed by atoms with van der Waals surface area (Å²) in [5, 5.41) is 10.1. The maximum atomic E-state index is 13.1. The minimum absolute atomic E-state index is 0.152. The molecule has 1 aliphatic heterocycles. The molecular weight excluding hydrogens is 382 g/mol. The molecule has 1 N–H and O–H groups in total. The van der Waals surface area contributed by atoms with Gasteiger partial charge in [-0.1, -0.05) is 18.2 Å².